The average Bonchev–Trinajstić information content (AvgIpc) is 2.93. The summed E-state index contributed by atoms with van der Waals surface area (Å²) in [6.45, 7) is 6.28. The summed E-state index contributed by atoms with van der Waals surface area (Å²) in [5, 5.41) is 14.1. The Balaban J connectivity index is 1.93. The number of hydrogen-bond acceptors (Lipinski definition) is 5. The second kappa shape index (κ2) is 7.29. The van der Waals surface area contributed by atoms with Crippen molar-refractivity contribution < 1.29 is 19.5 Å². The molecule has 1 aliphatic heterocycles. The maximum atomic E-state index is 12.3. The van der Waals surface area contributed by atoms with Crippen molar-refractivity contribution in [3.8, 4) is 0 Å². The Morgan fingerprint density at radius 2 is 2.12 bits per heavy atom. The van der Waals surface area contributed by atoms with Gasteiger partial charge in [0.2, 0.25) is 11.8 Å². The molecule has 24 heavy (non-hydrogen) atoms. The van der Waals surface area contributed by atoms with Crippen LogP contribution < -0.4 is 5.32 Å². The number of carboxylic acids is 1. The van der Waals surface area contributed by atoms with Gasteiger partial charge in [0.05, 0.1) is 18.0 Å². The summed E-state index contributed by atoms with van der Waals surface area (Å²) in [6, 6.07) is 0. The number of carboxylic acid groups (broad SMARTS) is 1. The first kappa shape index (κ1) is 18.4. The number of aliphatic carboxylic acids is 1. The first-order valence-electron chi connectivity index (χ1n) is 7.93. The number of rotatable bonds is 4. The molecule has 1 aliphatic rings. The van der Waals surface area contributed by atoms with Crippen molar-refractivity contribution in [1.29, 1.82) is 0 Å². The zero-order valence-electron chi connectivity index (χ0n) is 14.2. The zero-order valence-corrected chi connectivity index (χ0v) is 15.0. The van der Waals surface area contributed by atoms with E-state index in [1.54, 1.807) is 10.3 Å². The molecule has 8 heteroatoms. The van der Waals surface area contributed by atoms with E-state index in [0.717, 1.165) is 0 Å². The third kappa shape index (κ3) is 4.77. The van der Waals surface area contributed by atoms with Crippen LogP contribution in [0, 0.1) is 11.3 Å². The fourth-order valence-electron chi connectivity index (χ4n) is 2.40. The minimum Gasteiger partial charge on any atom is -0.481 e. The van der Waals surface area contributed by atoms with Crippen LogP contribution in [0.2, 0.25) is 0 Å². The van der Waals surface area contributed by atoms with Crippen LogP contribution in [0.4, 0.5) is 5.13 Å². The first-order chi connectivity index (χ1) is 11.2. The standard InChI is InChI=1S/C16H23N3O4S/c1-16(2,3)14(23)18-15-17-11(9-24-15)7-12(20)19-6-4-5-10(8-19)13(21)22/h9-10H,4-8H2,1-3H3,(H,21,22)(H,17,18,23). The van der Waals surface area contributed by atoms with Crippen molar-refractivity contribution in [2.24, 2.45) is 11.3 Å². The average molecular weight is 353 g/mol. The number of thiazole rings is 1. The number of amides is 2. The fraction of sp³-hybridized carbons (Fsp3) is 0.625. The highest BCUT2D eigenvalue weighted by molar-refractivity contribution is 7.13. The van der Waals surface area contributed by atoms with Gasteiger partial charge in [-0.3, -0.25) is 14.4 Å². The number of nitrogens with one attached hydrogen (secondary N) is 1. The van der Waals surface area contributed by atoms with Gasteiger partial charge in [-0.2, -0.15) is 0 Å². The third-order valence-corrected chi connectivity index (χ3v) is 4.72. The summed E-state index contributed by atoms with van der Waals surface area (Å²) in [5.74, 6) is -1.59. The van der Waals surface area contributed by atoms with E-state index in [9.17, 15) is 14.4 Å². The Morgan fingerprint density at radius 1 is 1.42 bits per heavy atom. The lowest BCUT2D eigenvalue weighted by molar-refractivity contribution is -0.145. The zero-order chi connectivity index (χ0) is 17.9. The molecule has 1 aromatic rings. The largest absolute Gasteiger partial charge is 0.481 e. The van der Waals surface area contributed by atoms with Gasteiger partial charge >= 0.3 is 5.97 Å². The van der Waals surface area contributed by atoms with Crippen molar-refractivity contribution in [1.82, 2.24) is 9.88 Å². The number of anilines is 1. The second-order valence-corrected chi connectivity index (χ2v) is 7.90. The molecule has 1 atom stereocenters. The number of aromatic nitrogens is 1. The summed E-state index contributed by atoms with van der Waals surface area (Å²) in [6.07, 6.45) is 1.43. The lowest BCUT2D eigenvalue weighted by Gasteiger charge is -2.30. The molecule has 132 valence electrons. The molecule has 2 heterocycles. The van der Waals surface area contributed by atoms with Gasteiger partial charge in [0.25, 0.3) is 0 Å². The Kier molecular flexibility index (Phi) is 5.58. The normalized spacial score (nSPS) is 18.3. The van der Waals surface area contributed by atoms with Crippen LogP contribution in [-0.4, -0.2) is 45.9 Å². The Morgan fingerprint density at radius 3 is 2.75 bits per heavy atom. The van der Waals surface area contributed by atoms with Crippen LogP contribution in [0.1, 0.15) is 39.3 Å². The van der Waals surface area contributed by atoms with Gasteiger partial charge < -0.3 is 15.3 Å². The van der Waals surface area contributed by atoms with Crippen LogP contribution in [0.15, 0.2) is 5.38 Å². The van der Waals surface area contributed by atoms with Gasteiger partial charge in [-0.25, -0.2) is 4.98 Å². The molecule has 0 radical (unpaired) electrons. The summed E-state index contributed by atoms with van der Waals surface area (Å²) < 4.78 is 0. The molecule has 0 spiro atoms. The molecule has 1 aromatic heterocycles. The van der Waals surface area contributed by atoms with Crippen LogP contribution in [0.3, 0.4) is 0 Å². The van der Waals surface area contributed by atoms with E-state index in [4.69, 9.17) is 5.11 Å². The van der Waals surface area contributed by atoms with Gasteiger partial charge in [-0.05, 0) is 12.8 Å². The molecular weight excluding hydrogens is 330 g/mol. The number of nitrogens with zero attached hydrogens (tertiary/aromatic N) is 2. The Labute approximate surface area is 145 Å². The molecule has 1 fully saturated rings. The van der Waals surface area contributed by atoms with Gasteiger partial charge in [0.1, 0.15) is 0 Å². The molecular formula is C16H23N3O4S. The van der Waals surface area contributed by atoms with Crippen LogP contribution in [-0.2, 0) is 20.8 Å². The molecule has 0 aliphatic carbocycles. The number of carbonyl (C=O) groups excluding carboxylic acids is 2. The summed E-state index contributed by atoms with van der Waals surface area (Å²) in [5.41, 5.74) is 0.0769. The molecule has 2 rings (SSSR count). The van der Waals surface area contributed by atoms with Crippen LogP contribution in [0.5, 0.6) is 0 Å². The van der Waals surface area contributed by atoms with Crippen molar-refractivity contribution in [2.45, 2.75) is 40.0 Å². The second-order valence-electron chi connectivity index (χ2n) is 7.04. The summed E-state index contributed by atoms with van der Waals surface area (Å²) >= 11 is 1.28. The van der Waals surface area contributed by atoms with Crippen molar-refractivity contribution in [3.05, 3.63) is 11.1 Å². The van der Waals surface area contributed by atoms with E-state index in [2.05, 4.69) is 10.3 Å². The number of hydrogen-bond donors (Lipinski definition) is 2. The Bertz CT molecular complexity index is 636. The number of likely N-dealkylation sites (tertiary alicyclic amines) is 1. The molecule has 2 amide bonds. The van der Waals surface area contributed by atoms with Crippen LogP contribution in [0.25, 0.3) is 0 Å². The van der Waals surface area contributed by atoms with Gasteiger partial charge in [-0.1, -0.05) is 20.8 Å². The van der Waals surface area contributed by atoms with Crippen molar-refractivity contribution in [3.63, 3.8) is 0 Å². The maximum absolute atomic E-state index is 12.3. The molecule has 1 saturated heterocycles. The molecule has 0 bridgehead atoms. The molecule has 2 N–H and O–H groups in total. The first-order valence-corrected chi connectivity index (χ1v) is 8.81. The lowest BCUT2D eigenvalue weighted by atomic mass is 9.96. The van der Waals surface area contributed by atoms with Gasteiger partial charge in [0.15, 0.2) is 5.13 Å². The van der Waals surface area contributed by atoms with Gasteiger partial charge in [0, 0.05) is 23.9 Å². The minimum absolute atomic E-state index is 0.119. The topological polar surface area (TPSA) is 99.6 Å². The number of carbonyl (C=O) groups is 3. The number of piperidine rings is 1. The summed E-state index contributed by atoms with van der Waals surface area (Å²) in [7, 11) is 0. The predicted molar refractivity (Wildman–Crippen MR) is 90.8 cm³/mol. The van der Waals surface area contributed by atoms with Gasteiger partial charge in [-0.15, -0.1) is 11.3 Å². The monoisotopic (exact) mass is 353 g/mol. The highest BCUT2D eigenvalue weighted by atomic mass is 32.1. The minimum atomic E-state index is -0.853. The molecule has 1 unspecified atom stereocenters. The molecule has 0 saturated carbocycles. The Hall–Kier alpha value is -1.96. The van der Waals surface area contributed by atoms with E-state index >= 15 is 0 Å². The van der Waals surface area contributed by atoms with Crippen LogP contribution >= 0.6 is 11.3 Å². The summed E-state index contributed by atoms with van der Waals surface area (Å²) in [4.78, 5) is 41.2. The third-order valence-electron chi connectivity index (χ3n) is 3.91. The van der Waals surface area contributed by atoms with E-state index in [1.165, 1.54) is 11.3 Å². The molecule has 7 nitrogen and oxygen atoms in total. The highest BCUT2D eigenvalue weighted by Gasteiger charge is 2.28. The van der Waals surface area contributed by atoms with Crippen molar-refractivity contribution in [2.75, 3.05) is 18.4 Å². The lowest BCUT2D eigenvalue weighted by Crippen LogP contribution is -2.43. The van der Waals surface area contributed by atoms with E-state index in [-0.39, 0.29) is 24.8 Å². The van der Waals surface area contributed by atoms with E-state index < -0.39 is 17.3 Å². The highest BCUT2D eigenvalue weighted by Crippen LogP contribution is 2.22. The predicted octanol–water partition coefficient (Wildman–Crippen LogP) is 1.99. The van der Waals surface area contributed by atoms with E-state index in [0.29, 0.717) is 30.2 Å². The fourth-order valence-corrected chi connectivity index (χ4v) is 3.11. The maximum Gasteiger partial charge on any atom is 0.308 e. The van der Waals surface area contributed by atoms with Crippen molar-refractivity contribution >= 4 is 34.3 Å². The SMILES string of the molecule is CC(C)(C)C(=O)Nc1nc(CC(=O)N2CCCC(C(=O)O)C2)cs1. The van der Waals surface area contributed by atoms with E-state index in [1.807, 2.05) is 20.8 Å². The molecule has 0 aromatic carbocycles. The smallest absolute Gasteiger partial charge is 0.308 e. The quantitative estimate of drug-likeness (QED) is 0.862.